The molecule has 3 rings (SSSR count). The van der Waals surface area contributed by atoms with Gasteiger partial charge in [0.25, 0.3) is 5.91 Å². The predicted molar refractivity (Wildman–Crippen MR) is 99.4 cm³/mol. The molecule has 0 radical (unpaired) electrons. The monoisotopic (exact) mass is 384 g/mol. The third kappa shape index (κ3) is 3.59. The maximum absolute atomic E-state index is 12.6. The zero-order valence-electron chi connectivity index (χ0n) is 15.7. The van der Waals surface area contributed by atoms with Crippen LogP contribution in [0.25, 0.3) is 0 Å². The highest BCUT2D eigenvalue weighted by atomic mass is 16.3. The molecule has 1 fully saturated rings. The van der Waals surface area contributed by atoms with Gasteiger partial charge in [-0.25, -0.2) is 9.59 Å². The number of carbonyl (C=O) groups is 4. The van der Waals surface area contributed by atoms with E-state index in [1.807, 2.05) is 26.0 Å². The molecule has 2 heterocycles. The molecule has 28 heavy (non-hydrogen) atoms. The lowest BCUT2D eigenvalue weighted by Gasteiger charge is -2.18. The lowest BCUT2D eigenvalue weighted by Crippen LogP contribution is -2.45. The molecule has 9 nitrogen and oxygen atoms in total. The quantitative estimate of drug-likeness (QED) is 0.697. The van der Waals surface area contributed by atoms with Gasteiger partial charge in [-0.1, -0.05) is 17.7 Å². The SMILES string of the molecule is Cc1ccc(NC(=O)NC(=O)CN2C(=O)NC(C)(c3ccco3)C2=O)c(C)c1. The fourth-order valence-corrected chi connectivity index (χ4v) is 2.99. The van der Waals surface area contributed by atoms with Gasteiger partial charge in [-0.05, 0) is 44.5 Å². The van der Waals surface area contributed by atoms with E-state index in [4.69, 9.17) is 4.42 Å². The third-order valence-electron chi connectivity index (χ3n) is 4.47. The second-order valence-corrected chi connectivity index (χ2v) is 6.74. The van der Waals surface area contributed by atoms with Gasteiger partial charge in [0.05, 0.1) is 6.26 Å². The molecule has 0 aliphatic carbocycles. The van der Waals surface area contributed by atoms with Crippen LogP contribution in [0.15, 0.2) is 41.0 Å². The molecule has 9 heteroatoms. The van der Waals surface area contributed by atoms with E-state index in [2.05, 4.69) is 16.0 Å². The highest BCUT2D eigenvalue weighted by Crippen LogP contribution is 2.28. The Morgan fingerprint density at radius 3 is 2.61 bits per heavy atom. The number of rotatable bonds is 4. The van der Waals surface area contributed by atoms with E-state index in [1.54, 1.807) is 18.2 Å². The molecule has 1 unspecified atom stereocenters. The van der Waals surface area contributed by atoms with Crippen LogP contribution in [0.2, 0.25) is 0 Å². The van der Waals surface area contributed by atoms with Gasteiger partial charge in [-0.3, -0.25) is 19.8 Å². The highest BCUT2D eigenvalue weighted by Gasteiger charge is 2.51. The van der Waals surface area contributed by atoms with Crippen LogP contribution in [-0.4, -0.2) is 35.3 Å². The smallest absolute Gasteiger partial charge is 0.325 e. The number of urea groups is 2. The molecule has 1 saturated heterocycles. The molecule has 3 N–H and O–H groups in total. The molecule has 146 valence electrons. The number of carbonyl (C=O) groups excluding carboxylic acids is 4. The number of hydrogen-bond donors (Lipinski definition) is 3. The van der Waals surface area contributed by atoms with Crippen molar-refractivity contribution in [2.45, 2.75) is 26.3 Å². The molecule has 1 atom stereocenters. The van der Waals surface area contributed by atoms with Crippen molar-refractivity contribution >= 4 is 29.6 Å². The van der Waals surface area contributed by atoms with E-state index in [1.165, 1.54) is 13.2 Å². The summed E-state index contributed by atoms with van der Waals surface area (Å²) in [7, 11) is 0. The molecule has 6 amide bonds. The molecule has 1 aliphatic rings. The minimum Gasteiger partial charge on any atom is -0.466 e. The molecular formula is C19H20N4O5. The molecule has 1 aliphatic heterocycles. The van der Waals surface area contributed by atoms with Gasteiger partial charge in [0.15, 0.2) is 5.54 Å². The zero-order valence-corrected chi connectivity index (χ0v) is 15.7. The van der Waals surface area contributed by atoms with Crippen molar-refractivity contribution in [3.8, 4) is 0 Å². The first kappa shape index (κ1) is 19.2. The van der Waals surface area contributed by atoms with Gasteiger partial charge in [0, 0.05) is 5.69 Å². The number of hydrogen-bond acceptors (Lipinski definition) is 5. The lowest BCUT2D eigenvalue weighted by atomic mass is 9.99. The van der Waals surface area contributed by atoms with Gasteiger partial charge >= 0.3 is 12.1 Å². The van der Waals surface area contributed by atoms with E-state index in [0.29, 0.717) is 5.69 Å². The van der Waals surface area contributed by atoms with E-state index in [9.17, 15) is 19.2 Å². The molecule has 1 aromatic heterocycles. The molecule has 2 aromatic rings. The van der Waals surface area contributed by atoms with E-state index >= 15 is 0 Å². The van der Waals surface area contributed by atoms with Gasteiger partial charge in [0.2, 0.25) is 5.91 Å². The Kier molecular flexibility index (Phi) is 4.91. The Balaban J connectivity index is 1.62. The average molecular weight is 384 g/mol. The van der Waals surface area contributed by atoms with Crippen molar-refractivity contribution in [3.63, 3.8) is 0 Å². The van der Waals surface area contributed by atoms with Gasteiger partial charge in [0.1, 0.15) is 12.3 Å². The minimum absolute atomic E-state index is 0.251. The predicted octanol–water partition coefficient (Wildman–Crippen LogP) is 2.01. The first-order valence-electron chi connectivity index (χ1n) is 8.57. The largest absolute Gasteiger partial charge is 0.466 e. The van der Waals surface area contributed by atoms with Crippen LogP contribution in [0.4, 0.5) is 15.3 Å². The average Bonchev–Trinajstić information content (AvgIpc) is 3.22. The summed E-state index contributed by atoms with van der Waals surface area (Å²) in [6.45, 7) is 4.64. The Morgan fingerprint density at radius 2 is 1.96 bits per heavy atom. The molecule has 0 saturated carbocycles. The van der Waals surface area contributed by atoms with Crippen molar-refractivity contribution in [2.75, 3.05) is 11.9 Å². The first-order chi connectivity index (χ1) is 13.2. The Hall–Kier alpha value is -3.62. The van der Waals surface area contributed by atoms with Crippen LogP contribution in [0, 0.1) is 13.8 Å². The second kappa shape index (κ2) is 7.18. The summed E-state index contributed by atoms with van der Waals surface area (Å²) < 4.78 is 5.22. The summed E-state index contributed by atoms with van der Waals surface area (Å²) in [6.07, 6.45) is 1.38. The topological polar surface area (TPSA) is 121 Å². The van der Waals surface area contributed by atoms with Crippen LogP contribution < -0.4 is 16.0 Å². The zero-order chi connectivity index (χ0) is 20.5. The number of benzene rings is 1. The Labute approximate surface area is 161 Å². The van der Waals surface area contributed by atoms with Gasteiger partial charge < -0.3 is 15.1 Å². The maximum atomic E-state index is 12.6. The molecule has 1 aromatic carbocycles. The number of nitrogens with zero attached hydrogens (tertiary/aromatic N) is 1. The number of aryl methyl sites for hydroxylation is 2. The first-order valence-corrected chi connectivity index (χ1v) is 8.57. The highest BCUT2D eigenvalue weighted by molar-refractivity contribution is 6.10. The minimum atomic E-state index is -1.40. The van der Waals surface area contributed by atoms with Crippen molar-refractivity contribution in [1.82, 2.24) is 15.5 Å². The third-order valence-corrected chi connectivity index (χ3v) is 4.47. The number of anilines is 1. The van der Waals surface area contributed by atoms with Crippen LogP contribution in [0.5, 0.6) is 0 Å². The van der Waals surface area contributed by atoms with E-state index in [-0.39, 0.29) is 5.76 Å². The number of amides is 6. The summed E-state index contributed by atoms with van der Waals surface area (Å²) in [6, 6.07) is 7.09. The summed E-state index contributed by atoms with van der Waals surface area (Å²) in [5.41, 5.74) is 1.03. The summed E-state index contributed by atoms with van der Waals surface area (Å²) in [4.78, 5) is 49.7. The van der Waals surface area contributed by atoms with Crippen LogP contribution in [0.3, 0.4) is 0 Å². The summed E-state index contributed by atoms with van der Waals surface area (Å²) in [5.74, 6) is -1.19. The van der Waals surface area contributed by atoms with Crippen molar-refractivity contribution in [3.05, 3.63) is 53.5 Å². The van der Waals surface area contributed by atoms with Crippen LogP contribution in [-0.2, 0) is 15.1 Å². The van der Waals surface area contributed by atoms with E-state index < -0.39 is 36.0 Å². The summed E-state index contributed by atoms with van der Waals surface area (Å²) in [5, 5.41) is 7.19. The summed E-state index contributed by atoms with van der Waals surface area (Å²) >= 11 is 0. The lowest BCUT2D eigenvalue weighted by molar-refractivity contribution is -0.135. The van der Waals surface area contributed by atoms with Crippen molar-refractivity contribution in [1.29, 1.82) is 0 Å². The van der Waals surface area contributed by atoms with Gasteiger partial charge in [-0.15, -0.1) is 0 Å². The normalized spacial score (nSPS) is 18.8. The van der Waals surface area contributed by atoms with E-state index in [0.717, 1.165) is 16.0 Å². The van der Waals surface area contributed by atoms with Gasteiger partial charge in [-0.2, -0.15) is 0 Å². The van der Waals surface area contributed by atoms with Crippen LogP contribution >= 0.6 is 0 Å². The Morgan fingerprint density at radius 1 is 1.21 bits per heavy atom. The standard InChI is InChI=1S/C19H20N4O5/c1-11-6-7-13(12(2)9-11)20-17(26)21-15(24)10-23-16(25)19(3,22-18(23)27)14-5-4-8-28-14/h4-9H,10H2,1-3H3,(H,22,27)(H2,20,21,24,26). The number of furan rings is 1. The van der Waals surface area contributed by atoms with Crippen molar-refractivity contribution < 1.29 is 23.6 Å². The second-order valence-electron chi connectivity index (χ2n) is 6.74. The maximum Gasteiger partial charge on any atom is 0.325 e. The molecule has 0 spiro atoms. The number of imide groups is 2. The van der Waals surface area contributed by atoms with Crippen LogP contribution in [0.1, 0.15) is 23.8 Å². The number of nitrogens with one attached hydrogen (secondary N) is 3. The molecular weight excluding hydrogens is 364 g/mol. The Bertz CT molecular complexity index is 953. The fourth-order valence-electron chi connectivity index (χ4n) is 2.99. The van der Waals surface area contributed by atoms with Crippen molar-refractivity contribution in [2.24, 2.45) is 0 Å². The fraction of sp³-hybridized carbons (Fsp3) is 0.263. The molecule has 0 bridgehead atoms.